The van der Waals surface area contributed by atoms with Gasteiger partial charge in [0.15, 0.2) is 0 Å². The van der Waals surface area contributed by atoms with E-state index in [9.17, 15) is 4.39 Å². The maximum atomic E-state index is 14.1. The number of nitrogens with one attached hydrogen (secondary N) is 1. The Morgan fingerprint density at radius 2 is 2.00 bits per heavy atom. The molecular formula is C16H14ClFN2S. The van der Waals surface area contributed by atoms with Gasteiger partial charge in [0.2, 0.25) is 0 Å². The average Bonchev–Trinajstić information content (AvgIpc) is 2.89. The lowest BCUT2D eigenvalue weighted by molar-refractivity contribution is 0.512. The maximum absolute atomic E-state index is 14.1. The Kier molecular flexibility index (Phi) is 4.22. The highest BCUT2D eigenvalue weighted by atomic mass is 35.5. The number of hydrazine groups is 1. The zero-order valence-corrected chi connectivity index (χ0v) is 12.7. The number of rotatable bonds is 4. The standard InChI is InChI=1S/C16H14ClFN2S/c17-12-5-3-6-13(18)16(12)14(20-19)8-10-9-21-15-7-2-1-4-11(10)15/h1-7,9,14,20H,8,19H2. The normalized spacial score (nSPS) is 12.7. The number of halogens is 2. The molecule has 2 nitrogen and oxygen atoms in total. The molecule has 21 heavy (non-hydrogen) atoms. The second-order valence-electron chi connectivity index (χ2n) is 4.82. The lowest BCUT2D eigenvalue weighted by atomic mass is 9.98. The first kappa shape index (κ1) is 14.5. The number of fused-ring (bicyclic) bond motifs is 1. The Hall–Kier alpha value is -1.46. The van der Waals surface area contributed by atoms with Crippen LogP contribution in [-0.2, 0) is 6.42 Å². The minimum absolute atomic E-state index is 0.343. The summed E-state index contributed by atoms with van der Waals surface area (Å²) in [4.78, 5) is 0. The van der Waals surface area contributed by atoms with E-state index in [0.29, 0.717) is 17.0 Å². The van der Waals surface area contributed by atoms with Crippen LogP contribution in [-0.4, -0.2) is 0 Å². The van der Waals surface area contributed by atoms with Crippen LogP contribution >= 0.6 is 22.9 Å². The minimum atomic E-state index is -0.364. The molecule has 0 fully saturated rings. The van der Waals surface area contributed by atoms with Gasteiger partial charge in [0.1, 0.15) is 5.82 Å². The van der Waals surface area contributed by atoms with E-state index in [-0.39, 0.29) is 11.9 Å². The van der Waals surface area contributed by atoms with Gasteiger partial charge in [-0.1, -0.05) is 35.9 Å². The van der Waals surface area contributed by atoms with Crippen LogP contribution in [0.2, 0.25) is 5.02 Å². The van der Waals surface area contributed by atoms with Gasteiger partial charge in [0.05, 0.1) is 6.04 Å². The predicted octanol–water partition coefficient (Wildman–Crippen LogP) is 4.44. The first-order chi connectivity index (χ1) is 10.2. The molecule has 1 atom stereocenters. The summed E-state index contributed by atoms with van der Waals surface area (Å²) in [6.45, 7) is 0. The van der Waals surface area contributed by atoms with Crippen molar-refractivity contribution in [3.63, 3.8) is 0 Å². The largest absolute Gasteiger partial charge is 0.271 e. The molecule has 0 saturated carbocycles. The van der Waals surface area contributed by atoms with Crippen molar-refractivity contribution < 1.29 is 4.39 Å². The second-order valence-corrected chi connectivity index (χ2v) is 6.13. The van der Waals surface area contributed by atoms with Crippen molar-refractivity contribution in [2.24, 2.45) is 5.84 Å². The first-order valence-corrected chi connectivity index (χ1v) is 7.81. The summed E-state index contributed by atoms with van der Waals surface area (Å²) in [6.07, 6.45) is 0.584. The molecule has 0 spiro atoms. The summed E-state index contributed by atoms with van der Waals surface area (Å²) in [5.41, 5.74) is 4.23. The van der Waals surface area contributed by atoms with E-state index in [0.717, 1.165) is 5.56 Å². The average molecular weight is 321 g/mol. The fraction of sp³-hybridized carbons (Fsp3) is 0.125. The lowest BCUT2D eigenvalue weighted by Crippen LogP contribution is -2.30. The number of nitrogens with two attached hydrogens (primary N) is 1. The van der Waals surface area contributed by atoms with Gasteiger partial charge >= 0.3 is 0 Å². The molecule has 0 radical (unpaired) electrons. The number of hydrogen-bond donors (Lipinski definition) is 2. The summed E-state index contributed by atoms with van der Waals surface area (Å²) in [6, 6.07) is 12.5. The molecule has 1 aromatic heterocycles. The lowest BCUT2D eigenvalue weighted by Gasteiger charge is -2.18. The summed E-state index contributed by atoms with van der Waals surface area (Å²) >= 11 is 7.80. The molecule has 0 saturated heterocycles. The molecule has 1 unspecified atom stereocenters. The fourth-order valence-corrected chi connectivity index (χ4v) is 3.77. The Labute approximate surface area is 131 Å². The predicted molar refractivity (Wildman–Crippen MR) is 87.0 cm³/mol. The molecule has 3 rings (SSSR count). The van der Waals surface area contributed by atoms with E-state index in [1.165, 1.54) is 16.2 Å². The molecule has 2 aromatic carbocycles. The van der Waals surface area contributed by atoms with Crippen molar-refractivity contribution in [3.8, 4) is 0 Å². The third kappa shape index (κ3) is 2.80. The van der Waals surface area contributed by atoms with Gasteiger partial charge in [-0.15, -0.1) is 11.3 Å². The highest BCUT2D eigenvalue weighted by Gasteiger charge is 2.19. The highest BCUT2D eigenvalue weighted by molar-refractivity contribution is 7.17. The molecule has 0 aliphatic heterocycles. The van der Waals surface area contributed by atoms with Crippen LogP contribution in [0.3, 0.4) is 0 Å². The quantitative estimate of drug-likeness (QED) is 0.551. The van der Waals surface area contributed by atoms with Gasteiger partial charge in [-0.3, -0.25) is 11.3 Å². The Morgan fingerprint density at radius 3 is 2.76 bits per heavy atom. The molecular weight excluding hydrogens is 307 g/mol. The van der Waals surface area contributed by atoms with Crippen LogP contribution < -0.4 is 11.3 Å². The summed E-state index contributed by atoms with van der Waals surface area (Å²) < 4.78 is 15.3. The SMILES string of the molecule is NNC(Cc1csc2ccccc12)c1c(F)cccc1Cl. The van der Waals surface area contributed by atoms with Crippen LogP contribution in [0.1, 0.15) is 17.2 Å². The smallest absolute Gasteiger partial charge is 0.129 e. The monoisotopic (exact) mass is 320 g/mol. The second kappa shape index (κ2) is 6.12. The Balaban J connectivity index is 1.98. The zero-order valence-electron chi connectivity index (χ0n) is 11.1. The maximum Gasteiger partial charge on any atom is 0.129 e. The minimum Gasteiger partial charge on any atom is -0.271 e. The van der Waals surface area contributed by atoms with Gasteiger partial charge in [0.25, 0.3) is 0 Å². The van der Waals surface area contributed by atoms with Crippen LogP contribution in [0, 0.1) is 5.82 Å². The molecule has 0 amide bonds. The molecule has 0 bridgehead atoms. The van der Waals surface area contributed by atoms with Crippen LogP contribution in [0.5, 0.6) is 0 Å². The fourth-order valence-electron chi connectivity index (χ4n) is 2.50. The Bertz CT molecular complexity index is 752. The number of hydrogen-bond acceptors (Lipinski definition) is 3. The molecule has 1 heterocycles. The third-order valence-corrected chi connectivity index (χ3v) is 4.88. The summed E-state index contributed by atoms with van der Waals surface area (Å²) in [7, 11) is 0. The van der Waals surface area contributed by atoms with Gasteiger partial charge in [-0.2, -0.15) is 0 Å². The van der Waals surface area contributed by atoms with E-state index in [1.807, 2.05) is 12.1 Å². The number of thiophene rings is 1. The van der Waals surface area contributed by atoms with Crippen molar-refractivity contribution in [1.29, 1.82) is 0 Å². The molecule has 0 aliphatic rings. The van der Waals surface area contributed by atoms with Gasteiger partial charge in [0, 0.05) is 15.3 Å². The van der Waals surface area contributed by atoms with Gasteiger partial charge in [-0.25, -0.2) is 4.39 Å². The molecule has 0 aliphatic carbocycles. The van der Waals surface area contributed by atoms with Gasteiger partial charge in [-0.05, 0) is 40.9 Å². The first-order valence-electron chi connectivity index (χ1n) is 6.56. The van der Waals surface area contributed by atoms with E-state index < -0.39 is 0 Å². The molecule has 3 aromatic rings. The highest BCUT2D eigenvalue weighted by Crippen LogP contribution is 2.32. The van der Waals surface area contributed by atoms with Crippen LogP contribution in [0.15, 0.2) is 47.8 Å². The van der Waals surface area contributed by atoms with Crippen molar-refractivity contribution in [2.75, 3.05) is 0 Å². The number of benzene rings is 2. The van der Waals surface area contributed by atoms with Crippen molar-refractivity contribution in [3.05, 3.63) is 69.8 Å². The van der Waals surface area contributed by atoms with E-state index in [2.05, 4.69) is 22.9 Å². The van der Waals surface area contributed by atoms with Gasteiger partial charge < -0.3 is 0 Å². The van der Waals surface area contributed by atoms with E-state index in [4.69, 9.17) is 17.4 Å². The molecule has 3 N–H and O–H groups in total. The third-order valence-electron chi connectivity index (χ3n) is 3.53. The molecule has 5 heteroatoms. The van der Waals surface area contributed by atoms with Crippen LogP contribution in [0.4, 0.5) is 4.39 Å². The van der Waals surface area contributed by atoms with Crippen molar-refractivity contribution in [1.82, 2.24) is 5.43 Å². The van der Waals surface area contributed by atoms with Crippen molar-refractivity contribution >= 4 is 33.0 Å². The molecule has 108 valence electrons. The summed E-state index contributed by atoms with van der Waals surface area (Å²) in [5.74, 6) is 5.29. The van der Waals surface area contributed by atoms with Crippen LogP contribution in [0.25, 0.3) is 10.1 Å². The summed E-state index contributed by atoms with van der Waals surface area (Å²) in [5, 5.41) is 3.65. The Morgan fingerprint density at radius 1 is 1.19 bits per heavy atom. The topological polar surface area (TPSA) is 38.0 Å². The van der Waals surface area contributed by atoms with E-state index >= 15 is 0 Å². The van der Waals surface area contributed by atoms with Crippen molar-refractivity contribution in [2.45, 2.75) is 12.5 Å². The zero-order chi connectivity index (χ0) is 14.8. The van der Waals surface area contributed by atoms with E-state index in [1.54, 1.807) is 23.5 Å².